The number of amides is 3. The second-order valence-electron chi connectivity index (χ2n) is 6.50. The predicted molar refractivity (Wildman–Crippen MR) is 107 cm³/mol. The Morgan fingerprint density at radius 3 is 2.61 bits per heavy atom. The van der Waals surface area contributed by atoms with Gasteiger partial charge in [-0.2, -0.15) is 0 Å². The van der Waals surface area contributed by atoms with Crippen LogP contribution in [0, 0.1) is 6.92 Å². The monoisotopic (exact) mass is 391 g/mol. The molecule has 1 aliphatic rings. The van der Waals surface area contributed by atoms with Crippen molar-refractivity contribution < 1.29 is 14.4 Å². The summed E-state index contributed by atoms with van der Waals surface area (Å²) >= 11 is 1.58. The van der Waals surface area contributed by atoms with E-state index in [0.717, 1.165) is 21.2 Å². The summed E-state index contributed by atoms with van der Waals surface area (Å²) in [5, 5.41) is 5.71. The number of nitrogens with zero attached hydrogens (tertiary/aromatic N) is 2. The van der Waals surface area contributed by atoms with Crippen molar-refractivity contribution in [2.75, 3.05) is 11.9 Å². The van der Waals surface area contributed by atoms with Crippen LogP contribution >= 0.6 is 11.3 Å². The average Bonchev–Trinajstić information content (AvgIpc) is 3.12. The summed E-state index contributed by atoms with van der Waals surface area (Å²) in [6, 6.07) is 14.3. The highest BCUT2D eigenvalue weighted by molar-refractivity contribution is 7.09. The highest BCUT2D eigenvalue weighted by atomic mass is 32.1. The number of hydrogen-bond acceptors (Lipinski definition) is 5. The molecule has 0 aliphatic carbocycles. The molecule has 2 heterocycles. The summed E-state index contributed by atoms with van der Waals surface area (Å²) in [6.07, 6.45) is 0.122. The van der Waals surface area contributed by atoms with Crippen LogP contribution in [-0.4, -0.2) is 34.2 Å². The Morgan fingerprint density at radius 2 is 1.89 bits per heavy atom. The van der Waals surface area contributed by atoms with E-state index >= 15 is 0 Å². The zero-order valence-corrected chi connectivity index (χ0v) is 16.0. The van der Waals surface area contributed by atoms with Crippen molar-refractivity contribution >= 4 is 34.7 Å². The number of thiazole rings is 1. The molecule has 0 bridgehead atoms. The van der Waals surface area contributed by atoms with Gasteiger partial charge in [0, 0.05) is 22.2 Å². The van der Waals surface area contributed by atoms with Gasteiger partial charge in [0.15, 0.2) is 0 Å². The summed E-state index contributed by atoms with van der Waals surface area (Å²) < 4.78 is 0. The van der Waals surface area contributed by atoms with Gasteiger partial charge in [-0.05, 0) is 30.7 Å². The Bertz CT molecular complexity index is 1070. The van der Waals surface area contributed by atoms with Crippen LogP contribution in [0.1, 0.15) is 20.9 Å². The normalized spacial score (nSPS) is 13.4. The largest absolute Gasteiger partial charge is 0.325 e. The van der Waals surface area contributed by atoms with Crippen LogP contribution in [-0.2, 0) is 16.0 Å². The minimum atomic E-state index is -0.434. The molecule has 1 aliphatic heterocycles. The molecule has 28 heavy (non-hydrogen) atoms. The molecule has 140 valence electrons. The van der Waals surface area contributed by atoms with Gasteiger partial charge in [-0.3, -0.25) is 19.3 Å². The van der Waals surface area contributed by atoms with E-state index in [9.17, 15) is 14.4 Å². The number of aromatic nitrogens is 1. The molecule has 0 saturated heterocycles. The smallest absolute Gasteiger partial charge is 0.261 e. The van der Waals surface area contributed by atoms with Crippen molar-refractivity contribution in [3.8, 4) is 11.3 Å². The van der Waals surface area contributed by atoms with Crippen LogP contribution in [0.25, 0.3) is 11.3 Å². The number of fused-ring (bicyclic) bond motifs is 1. The number of hydrogen-bond donors (Lipinski definition) is 1. The fourth-order valence-corrected chi connectivity index (χ4v) is 3.75. The summed E-state index contributed by atoms with van der Waals surface area (Å²) in [5.41, 5.74) is 3.61. The van der Waals surface area contributed by atoms with Gasteiger partial charge in [-0.15, -0.1) is 11.3 Å². The first-order valence-electron chi connectivity index (χ1n) is 8.76. The minimum Gasteiger partial charge on any atom is -0.325 e. The molecule has 1 aromatic heterocycles. The molecule has 1 N–H and O–H groups in total. The van der Waals surface area contributed by atoms with Crippen LogP contribution in [0.5, 0.6) is 0 Å². The first kappa shape index (κ1) is 18.1. The average molecular weight is 391 g/mol. The molecular weight excluding hydrogens is 374 g/mol. The lowest BCUT2D eigenvalue weighted by atomic mass is 9.98. The van der Waals surface area contributed by atoms with Gasteiger partial charge < -0.3 is 5.32 Å². The second kappa shape index (κ2) is 7.36. The molecule has 6 nitrogen and oxygen atoms in total. The maximum atomic E-state index is 12.5. The van der Waals surface area contributed by atoms with E-state index in [4.69, 9.17) is 0 Å². The van der Waals surface area contributed by atoms with Crippen molar-refractivity contribution in [3.05, 3.63) is 70.0 Å². The van der Waals surface area contributed by atoms with Gasteiger partial charge in [0.1, 0.15) is 6.54 Å². The number of carbonyl (C=O) groups is 3. The first-order chi connectivity index (χ1) is 13.5. The SMILES string of the molecule is Cc1nc(-c2ccc(NC(=O)CN3C(=O)Cc4ccccc4C3=O)cc2)cs1. The fraction of sp³-hybridized carbons (Fsp3) is 0.143. The van der Waals surface area contributed by atoms with E-state index in [1.54, 1.807) is 47.7 Å². The topological polar surface area (TPSA) is 79.4 Å². The standard InChI is InChI=1S/C21H17N3O3S/c1-13-22-18(12-28-13)14-6-8-16(9-7-14)23-19(25)11-24-20(26)10-15-4-2-3-5-17(15)21(24)27/h2-9,12H,10-11H2,1H3,(H,23,25). The van der Waals surface area contributed by atoms with Crippen LogP contribution in [0.2, 0.25) is 0 Å². The first-order valence-corrected chi connectivity index (χ1v) is 9.64. The van der Waals surface area contributed by atoms with Gasteiger partial charge in [-0.1, -0.05) is 30.3 Å². The van der Waals surface area contributed by atoms with E-state index in [1.807, 2.05) is 24.4 Å². The molecule has 3 aromatic rings. The summed E-state index contributed by atoms with van der Waals surface area (Å²) in [5.74, 6) is -1.22. The Morgan fingerprint density at radius 1 is 1.14 bits per heavy atom. The number of anilines is 1. The van der Waals surface area contributed by atoms with Gasteiger partial charge in [0.25, 0.3) is 5.91 Å². The van der Waals surface area contributed by atoms with Gasteiger partial charge in [-0.25, -0.2) is 4.98 Å². The van der Waals surface area contributed by atoms with Crippen molar-refractivity contribution in [3.63, 3.8) is 0 Å². The molecule has 0 radical (unpaired) electrons. The third kappa shape index (κ3) is 3.57. The van der Waals surface area contributed by atoms with Gasteiger partial charge in [0.05, 0.1) is 17.1 Å². The predicted octanol–water partition coefficient (Wildman–Crippen LogP) is 3.28. The molecule has 7 heteroatoms. The Hall–Kier alpha value is -3.32. The number of nitrogens with one attached hydrogen (secondary N) is 1. The van der Waals surface area contributed by atoms with Crippen LogP contribution < -0.4 is 5.32 Å². The van der Waals surface area contributed by atoms with Crippen LogP contribution in [0.3, 0.4) is 0 Å². The van der Waals surface area contributed by atoms with Crippen molar-refractivity contribution in [1.29, 1.82) is 0 Å². The highest BCUT2D eigenvalue weighted by Crippen LogP contribution is 2.23. The second-order valence-corrected chi connectivity index (χ2v) is 7.56. The lowest BCUT2D eigenvalue weighted by Gasteiger charge is -2.26. The quantitative estimate of drug-likeness (QED) is 0.692. The molecule has 3 amide bonds. The molecule has 0 unspecified atom stereocenters. The third-order valence-electron chi connectivity index (χ3n) is 4.52. The number of aryl methyl sites for hydroxylation is 1. The maximum Gasteiger partial charge on any atom is 0.261 e. The zero-order valence-electron chi connectivity index (χ0n) is 15.1. The van der Waals surface area contributed by atoms with Crippen molar-refractivity contribution in [2.24, 2.45) is 0 Å². The van der Waals surface area contributed by atoms with Gasteiger partial charge >= 0.3 is 0 Å². The van der Waals surface area contributed by atoms with Crippen LogP contribution in [0.15, 0.2) is 53.9 Å². The Balaban J connectivity index is 1.43. The lowest BCUT2D eigenvalue weighted by Crippen LogP contribution is -2.46. The van der Waals surface area contributed by atoms with Crippen LogP contribution in [0.4, 0.5) is 5.69 Å². The Labute approximate surface area is 165 Å². The van der Waals surface area contributed by atoms with Gasteiger partial charge in [0.2, 0.25) is 11.8 Å². The molecule has 0 spiro atoms. The highest BCUT2D eigenvalue weighted by Gasteiger charge is 2.31. The molecule has 0 saturated carbocycles. The minimum absolute atomic E-state index is 0.122. The number of rotatable bonds is 4. The van der Waals surface area contributed by atoms with E-state index in [0.29, 0.717) is 16.8 Å². The Kier molecular flexibility index (Phi) is 4.75. The number of imide groups is 1. The number of carbonyl (C=O) groups excluding carboxylic acids is 3. The summed E-state index contributed by atoms with van der Waals surface area (Å²) in [6.45, 7) is 1.64. The van der Waals surface area contributed by atoms with E-state index in [-0.39, 0.29) is 18.9 Å². The summed E-state index contributed by atoms with van der Waals surface area (Å²) in [4.78, 5) is 42.6. The van der Waals surface area contributed by atoms with E-state index in [2.05, 4.69) is 10.3 Å². The van der Waals surface area contributed by atoms with E-state index in [1.165, 1.54) is 0 Å². The van der Waals surface area contributed by atoms with Crippen molar-refractivity contribution in [2.45, 2.75) is 13.3 Å². The molecular formula is C21H17N3O3S. The van der Waals surface area contributed by atoms with E-state index < -0.39 is 11.8 Å². The molecule has 0 fully saturated rings. The molecule has 2 aromatic carbocycles. The fourth-order valence-electron chi connectivity index (χ4n) is 3.12. The third-order valence-corrected chi connectivity index (χ3v) is 5.29. The summed E-state index contributed by atoms with van der Waals surface area (Å²) in [7, 11) is 0. The molecule has 0 atom stereocenters. The van der Waals surface area contributed by atoms with Crippen molar-refractivity contribution in [1.82, 2.24) is 9.88 Å². The lowest BCUT2D eigenvalue weighted by molar-refractivity contribution is -0.131. The maximum absolute atomic E-state index is 12.5. The number of benzene rings is 2. The zero-order chi connectivity index (χ0) is 19.7. The molecule has 4 rings (SSSR count).